The van der Waals surface area contributed by atoms with E-state index in [0.29, 0.717) is 11.7 Å². The average Bonchev–Trinajstić information content (AvgIpc) is 3.07. The zero-order chi connectivity index (χ0) is 13.1. The first-order chi connectivity index (χ1) is 9.34. The van der Waals surface area contributed by atoms with Crippen LogP contribution in [0.25, 0.3) is 11.1 Å². The molecule has 1 aliphatic rings. The molecule has 2 aromatic rings. The van der Waals surface area contributed by atoms with Gasteiger partial charge < -0.3 is 15.8 Å². The van der Waals surface area contributed by atoms with Crippen LogP contribution in [0.3, 0.4) is 0 Å². The Morgan fingerprint density at radius 1 is 1.37 bits per heavy atom. The number of nitrogen functional groups attached to an aromatic ring is 1. The summed E-state index contributed by atoms with van der Waals surface area (Å²) >= 11 is 1.43. The Morgan fingerprint density at radius 2 is 2.21 bits per heavy atom. The Morgan fingerprint density at radius 3 is 2.95 bits per heavy atom. The smallest absolute Gasteiger partial charge is 0.147 e. The van der Waals surface area contributed by atoms with E-state index in [0.717, 1.165) is 42.3 Å². The molecule has 100 valence electrons. The van der Waals surface area contributed by atoms with Gasteiger partial charge in [-0.1, -0.05) is 30.3 Å². The van der Waals surface area contributed by atoms with Crippen molar-refractivity contribution >= 4 is 22.4 Å². The fraction of sp³-hybridized carbons (Fsp3) is 0.357. The predicted molar refractivity (Wildman–Crippen MR) is 79.4 cm³/mol. The summed E-state index contributed by atoms with van der Waals surface area (Å²) in [5.41, 5.74) is 8.12. The molecule has 1 aliphatic heterocycles. The number of hydrogen-bond acceptors (Lipinski definition) is 5. The number of nitrogens with one attached hydrogen (secondary N) is 1. The van der Waals surface area contributed by atoms with Crippen molar-refractivity contribution in [2.75, 3.05) is 30.8 Å². The highest BCUT2D eigenvalue weighted by Crippen LogP contribution is 2.36. The second kappa shape index (κ2) is 5.59. The Balaban J connectivity index is 1.78. The molecule has 3 rings (SSSR count). The van der Waals surface area contributed by atoms with Crippen LogP contribution in [-0.2, 0) is 4.74 Å². The van der Waals surface area contributed by atoms with Crippen LogP contribution in [0, 0.1) is 5.92 Å². The molecule has 1 aromatic heterocycles. The molecule has 1 atom stereocenters. The van der Waals surface area contributed by atoms with E-state index in [-0.39, 0.29) is 0 Å². The number of benzene rings is 1. The van der Waals surface area contributed by atoms with Crippen LogP contribution >= 0.6 is 11.5 Å². The zero-order valence-electron chi connectivity index (χ0n) is 10.6. The zero-order valence-corrected chi connectivity index (χ0v) is 11.5. The monoisotopic (exact) mass is 275 g/mol. The molecule has 5 heteroatoms. The van der Waals surface area contributed by atoms with Gasteiger partial charge in [0.05, 0.1) is 12.2 Å². The molecule has 0 saturated carbocycles. The van der Waals surface area contributed by atoms with E-state index in [1.165, 1.54) is 11.5 Å². The highest BCUT2D eigenvalue weighted by molar-refractivity contribution is 7.11. The van der Waals surface area contributed by atoms with Crippen LogP contribution in [0.4, 0.5) is 10.8 Å². The highest BCUT2D eigenvalue weighted by atomic mass is 32.1. The molecule has 3 N–H and O–H groups in total. The standard InChI is InChI=1S/C14H17N3OS/c15-13-12(11-4-2-1-3-5-11)14(19-17-13)16-8-10-6-7-18-9-10/h1-5,10,16H,6-9H2,(H2,15,17). The maximum Gasteiger partial charge on any atom is 0.147 e. The lowest BCUT2D eigenvalue weighted by Crippen LogP contribution is -2.13. The summed E-state index contributed by atoms with van der Waals surface area (Å²) < 4.78 is 9.65. The summed E-state index contributed by atoms with van der Waals surface area (Å²) in [7, 11) is 0. The van der Waals surface area contributed by atoms with Crippen LogP contribution < -0.4 is 11.1 Å². The lowest BCUT2D eigenvalue weighted by molar-refractivity contribution is 0.187. The fourth-order valence-electron chi connectivity index (χ4n) is 2.29. The predicted octanol–water partition coefficient (Wildman–Crippen LogP) is 2.84. The van der Waals surface area contributed by atoms with Crippen molar-refractivity contribution in [3.63, 3.8) is 0 Å². The number of ether oxygens (including phenoxy) is 1. The van der Waals surface area contributed by atoms with Gasteiger partial charge in [0.1, 0.15) is 10.8 Å². The minimum absolute atomic E-state index is 0.590. The average molecular weight is 275 g/mol. The Labute approximate surface area is 116 Å². The number of aromatic nitrogens is 1. The van der Waals surface area contributed by atoms with Gasteiger partial charge in [-0.05, 0) is 23.5 Å². The van der Waals surface area contributed by atoms with Crippen LogP contribution in [0.2, 0.25) is 0 Å². The van der Waals surface area contributed by atoms with E-state index >= 15 is 0 Å². The first kappa shape index (κ1) is 12.4. The van der Waals surface area contributed by atoms with E-state index in [1.54, 1.807) is 0 Å². The quantitative estimate of drug-likeness (QED) is 0.900. The maximum atomic E-state index is 5.99. The number of rotatable bonds is 4. The molecule has 0 bridgehead atoms. The van der Waals surface area contributed by atoms with Crippen LogP contribution in [0.5, 0.6) is 0 Å². The highest BCUT2D eigenvalue weighted by Gasteiger charge is 2.18. The summed E-state index contributed by atoms with van der Waals surface area (Å²) in [6.07, 6.45) is 1.13. The van der Waals surface area contributed by atoms with Crippen molar-refractivity contribution in [2.24, 2.45) is 5.92 Å². The molecule has 1 fully saturated rings. The van der Waals surface area contributed by atoms with Gasteiger partial charge in [0.2, 0.25) is 0 Å². The first-order valence-corrected chi connectivity index (χ1v) is 7.24. The van der Waals surface area contributed by atoms with Crippen molar-refractivity contribution in [1.82, 2.24) is 4.37 Å². The first-order valence-electron chi connectivity index (χ1n) is 6.47. The molecule has 0 radical (unpaired) electrons. The summed E-state index contributed by atoms with van der Waals surface area (Å²) in [6, 6.07) is 10.2. The van der Waals surface area contributed by atoms with E-state index in [9.17, 15) is 0 Å². The van der Waals surface area contributed by atoms with Crippen molar-refractivity contribution in [2.45, 2.75) is 6.42 Å². The van der Waals surface area contributed by atoms with Gasteiger partial charge in [-0.2, -0.15) is 4.37 Å². The van der Waals surface area contributed by atoms with Gasteiger partial charge in [0, 0.05) is 19.1 Å². The van der Waals surface area contributed by atoms with Crippen molar-refractivity contribution in [1.29, 1.82) is 0 Å². The third kappa shape index (κ3) is 2.72. The van der Waals surface area contributed by atoms with Crippen molar-refractivity contribution in [3.8, 4) is 11.1 Å². The summed E-state index contributed by atoms with van der Waals surface area (Å²) in [5.74, 6) is 1.19. The number of anilines is 2. The second-order valence-electron chi connectivity index (χ2n) is 4.75. The van der Waals surface area contributed by atoms with E-state index in [4.69, 9.17) is 10.5 Å². The minimum atomic E-state index is 0.590. The molecule has 1 aromatic carbocycles. The molecule has 4 nitrogen and oxygen atoms in total. The van der Waals surface area contributed by atoms with Gasteiger partial charge in [0.15, 0.2) is 0 Å². The molecule has 1 saturated heterocycles. The molecule has 0 amide bonds. The second-order valence-corrected chi connectivity index (χ2v) is 5.52. The number of nitrogens with zero attached hydrogens (tertiary/aromatic N) is 1. The number of nitrogens with two attached hydrogens (primary N) is 1. The van der Waals surface area contributed by atoms with Crippen molar-refractivity contribution in [3.05, 3.63) is 30.3 Å². The molecule has 19 heavy (non-hydrogen) atoms. The third-order valence-corrected chi connectivity index (χ3v) is 4.18. The SMILES string of the molecule is Nc1nsc(NCC2CCOC2)c1-c1ccccc1. The Bertz CT molecular complexity index is 535. The largest absolute Gasteiger partial charge is 0.382 e. The lowest BCUT2D eigenvalue weighted by atomic mass is 10.1. The van der Waals surface area contributed by atoms with Gasteiger partial charge in [-0.25, -0.2) is 0 Å². The van der Waals surface area contributed by atoms with Crippen LogP contribution in [-0.4, -0.2) is 24.1 Å². The molecule has 0 spiro atoms. The molecule has 0 aliphatic carbocycles. The molecular formula is C14H17N3OS. The summed E-state index contributed by atoms with van der Waals surface area (Å²) in [5, 5.41) is 4.52. The van der Waals surface area contributed by atoms with E-state index < -0.39 is 0 Å². The van der Waals surface area contributed by atoms with Crippen molar-refractivity contribution < 1.29 is 4.74 Å². The van der Waals surface area contributed by atoms with E-state index in [2.05, 4.69) is 21.8 Å². The minimum Gasteiger partial charge on any atom is -0.382 e. The van der Waals surface area contributed by atoms with Crippen LogP contribution in [0.15, 0.2) is 30.3 Å². The normalized spacial score (nSPS) is 18.6. The Kier molecular flexibility index (Phi) is 3.66. The fourth-order valence-corrected chi connectivity index (χ4v) is 3.03. The lowest BCUT2D eigenvalue weighted by Gasteiger charge is -2.10. The Hall–Kier alpha value is -1.59. The maximum absolute atomic E-state index is 5.99. The van der Waals surface area contributed by atoms with Gasteiger partial charge in [0.25, 0.3) is 0 Å². The molecule has 1 unspecified atom stereocenters. The number of hydrogen-bond donors (Lipinski definition) is 2. The third-order valence-electron chi connectivity index (χ3n) is 3.36. The van der Waals surface area contributed by atoms with Gasteiger partial charge in [-0.15, -0.1) is 0 Å². The molecule has 2 heterocycles. The molecular weight excluding hydrogens is 258 g/mol. The summed E-state index contributed by atoms with van der Waals surface area (Å²) in [6.45, 7) is 2.64. The van der Waals surface area contributed by atoms with Crippen LogP contribution in [0.1, 0.15) is 6.42 Å². The van der Waals surface area contributed by atoms with Gasteiger partial charge in [-0.3, -0.25) is 0 Å². The van der Waals surface area contributed by atoms with Gasteiger partial charge >= 0.3 is 0 Å². The van der Waals surface area contributed by atoms with E-state index in [1.807, 2.05) is 18.2 Å². The topological polar surface area (TPSA) is 60.2 Å². The summed E-state index contributed by atoms with van der Waals surface area (Å²) in [4.78, 5) is 0.